The zero-order valence-corrected chi connectivity index (χ0v) is 11.7. The van der Waals surface area contributed by atoms with Crippen LogP contribution in [0.2, 0.25) is 0 Å². The number of aromatic nitrogens is 1. The number of carbonyl (C=O) groups is 1. The van der Waals surface area contributed by atoms with Gasteiger partial charge in [0.1, 0.15) is 0 Å². The minimum Gasteiger partial charge on any atom is -0.324 e. The van der Waals surface area contributed by atoms with Gasteiger partial charge in [-0.05, 0) is 33.2 Å². The normalized spacial score (nSPS) is 17.6. The third-order valence-electron chi connectivity index (χ3n) is 3.26. The van der Waals surface area contributed by atoms with Gasteiger partial charge >= 0.3 is 6.03 Å². The van der Waals surface area contributed by atoms with Gasteiger partial charge in [0, 0.05) is 24.5 Å². The van der Waals surface area contributed by atoms with Crippen molar-refractivity contribution in [2.24, 2.45) is 0 Å². The topological polar surface area (TPSA) is 57.3 Å². The van der Waals surface area contributed by atoms with Crippen LogP contribution in [0.25, 0.3) is 0 Å². The van der Waals surface area contributed by atoms with Crippen LogP contribution >= 0.6 is 11.3 Å². The van der Waals surface area contributed by atoms with Gasteiger partial charge in [-0.2, -0.15) is 0 Å². The summed E-state index contributed by atoms with van der Waals surface area (Å²) >= 11 is 1.48. The molecule has 0 spiro atoms. The molecule has 0 aromatic carbocycles. The highest BCUT2D eigenvalue weighted by molar-refractivity contribution is 7.13. The molecule has 1 atom stereocenters. The van der Waals surface area contributed by atoms with Gasteiger partial charge < -0.3 is 10.2 Å². The summed E-state index contributed by atoms with van der Waals surface area (Å²) in [5, 5.41) is 8.67. The van der Waals surface area contributed by atoms with Crippen molar-refractivity contribution in [3.63, 3.8) is 0 Å². The Hall–Kier alpha value is -1.14. The lowest BCUT2D eigenvalue weighted by molar-refractivity contribution is 0.200. The second-order valence-corrected chi connectivity index (χ2v) is 5.42. The molecule has 5 nitrogen and oxygen atoms in total. The summed E-state index contributed by atoms with van der Waals surface area (Å²) in [6, 6.07) is 0.189. The maximum Gasteiger partial charge on any atom is 0.323 e. The minimum absolute atomic E-state index is 0.0206. The lowest BCUT2D eigenvalue weighted by Crippen LogP contribution is -2.38. The fourth-order valence-electron chi connectivity index (χ4n) is 1.96. The van der Waals surface area contributed by atoms with E-state index in [-0.39, 0.29) is 12.1 Å². The first-order valence-corrected chi connectivity index (χ1v) is 7.27. The molecule has 0 aliphatic carbocycles. The quantitative estimate of drug-likeness (QED) is 0.885. The number of urea groups is 1. The van der Waals surface area contributed by atoms with Gasteiger partial charge in [0.15, 0.2) is 5.13 Å². The van der Waals surface area contributed by atoms with Gasteiger partial charge in [-0.1, -0.05) is 0 Å². The third kappa shape index (κ3) is 3.20. The van der Waals surface area contributed by atoms with Gasteiger partial charge in [-0.25, -0.2) is 9.78 Å². The van der Waals surface area contributed by atoms with Gasteiger partial charge in [-0.15, -0.1) is 11.3 Å². The molecule has 2 amide bonds. The van der Waals surface area contributed by atoms with E-state index in [1.165, 1.54) is 17.8 Å². The summed E-state index contributed by atoms with van der Waals surface area (Å²) in [7, 11) is 1.90. The molecule has 1 fully saturated rings. The molecule has 1 aliphatic heterocycles. The standard InChI is InChI=1S/C12H20N4OS/c1-9(13-2)10-8-18-11(14-10)15-12(17)16-6-4-3-5-7-16/h8-9,13H,3-7H2,1-2H3,(H,14,15,17). The van der Waals surface area contributed by atoms with Crippen LogP contribution in [0.3, 0.4) is 0 Å². The summed E-state index contributed by atoms with van der Waals surface area (Å²) in [5.74, 6) is 0. The molecular weight excluding hydrogens is 248 g/mol. The molecule has 1 unspecified atom stereocenters. The van der Waals surface area contributed by atoms with Gasteiger partial charge in [0.2, 0.25) is 0 Å². The van der Waals surface area contributed by atoms with Crippen molar-refractivity contribution < 1.29 is 4.79 Å². The number of hydrogen-bond acceptors (Lipinski definition) is 4. The molecular formula is C12H20N4OS. The van der Waals surface area contributed by atoms with Crippen LogP contribution in [0.15, 0.2) is 5.38 Å². The fraction of sp³-hybridized carbons (Fsp3) is 0.667. The molecule has 0 saturated carbocycles. The Labute approximate surface area is 112 Å². The summed E-state index contributed by atoms with van der Waals surface area (Å²) in [6.07, 6.45) is 3.44. The van der Waals surface area contributed by atoms with Gasteiger partial charge in [0.25, 0.3) is 0 Å². The van der Waals surface area contributed by atoms with Crippen LogP contribution in [0.1, 0.15) is 37.9 Å². The van der Waals surface area contributed by atoms with E-state index >= 15 is 0 Å². The van der Waals surface area contributed by atoms with Gasteiger partial charge in [0.05, 0.1) is 5.69 Å². The fourth-order valence-corrected chi connectivity index (χ4v) is 2.75. The highest BCUT2D eigenvalue weighted by Gasteiger charge is 2.17. The first-order chi connectivity index (χ1) is 8.70. The molecule has 2 rings (SSSR count). The minimum atomic E-state index is -0.0206. The number of thiazole rings is 1. The number of carbonyl (C=O) groups excluding carboxylic acids is 1. The highest BCUT2D eigenvalue weighted by Crippen LogP contribution is 2.21. The maximum atomic E-state index is 12.0. The van der Waals surface area contributed by atoms with Crippen molar-refractivity contribution in [1.29, 1.82) is 0 Å². The van der Waals surface area contributed by atoms with E-state index in [4.69, 9.17) is 0 Å². The molecule has 0 bridgehead atoms. The van der Waals surface area contributed by atoms with Crippen molar-refractivity contribution >= 4 is 22.5 Å². The number of nitrogens with zero attached hydrogens (tertiary/aromatic N) is 2. The van der Waals surface area contributed by atoms with Crippen molar-refractivity contribution in [3.8, 4) is 0 Å². The molecule has 2 heterocycles. The van der Waals surface area contributed by atoms with Crippen molar-refractivity contribution in [2.45, 2.75) is 32.2 Å². The summed E-state index contributed by atoms with van der Waals surface area (Å²) in [4.78, 5) is 18.3. The average Bonchev–Trinajstić information content (AvgIpc) is 2.87. The van der Waals surface area contributed by atoms with E-state index in [9.17, 15) is 4.79 Å². The molecule has 1 saturated heterocycles. The van der Waals surface area contributed by atoms with Crippen molar-refractivity contribution in [2.75, 3.05) is 25.5 Å². The zero-order chi connectivity index (χ0) is 13.0. The largest absolute Gasteiger partial charge is 0.324 e. The van der Waals surface area contributed by atoms with Crippen LogP contribution in [-0.2, 0) is 0 Å². The van der Waals surface area contributed by atoms with Crippen LogP contribution in [-0.4, -0.2) is 36.1 Å². The summed E-state index contributed by atoms with van der Waals surface area (Å²) in [5.41, 5.74) is 0.969. The third-order valence-corrected chi connectivity index (χ3v) is 4.03. The smallest absolute Gasteiger partial charge is 0.323 e. The first-order valence-electron chi connectivity index (χ1n) is 6.39. The van der Waals surface area contributed by atoms with E-state index < -0.39 is 0 Å². The van der Waals surface area contributed by atoms with Gasteiger partial charge in [-0.3, -0.25) is 5.32 Å². The molecule has 1 aromatic heterocycles. The number of amides is 2. The molecule has 6 heteroatoms. The Morgan fingerprint density at radius 1 is 1.44 bits per heavy atom. The predicted molar refractivity (Wildman–Crippen MR) is 74.0 cm³/mol. The molecule has 18 heavy (non-hydrogen) atoms. The average molecular weight is 268 g/mol. The van der Waals surface area contributed by atoms with Crippen molar-refractivity contribution in [3.05, 3.63) is 11.1 Å². The first kappa shape index (κ1) is 13.3. The number of likely N-dealkylation sites (tertiary alicyclic amines) is 1. The molecule has 1 aromatic rings. The highest BCUT2D eigenvalue weighted by atomic mass is 32.1. The Bertz CT molecular complexity index is 401. The van der Waals surface area contributed by atoms with E-state index in [0.29, 0.717) is 5.13 Å². The molecule has 2 N–H and O–H groups in total. The van der Waals surface area contributed by atoms with E-state index in [1.54, 1.807) is 0 Å². The summed E-state index contributed by atoms with van der Waals surface area (Å²) in [6.45, 7) is 3.76. The second-order valence-electron chi connectivity index (χ2n) is 4.57. The summed E-state index contributed by atoms with van der Waals surface area (Å²) < 4.78 is 0. The Morgan fingerprint density at radius 2 is 2.17 bits per heavy atom. The molecule has 100 valence electrons. The van der Waals surface area contributed by atoms with Crippen LogP contribution < -0.4 is 10.6 Å². The second kappa shape index (κ2) is 6.15. The van der Waals surface area contributed by atoms with Crippen LogP contribution in [0.5, 0.6) is 0 Å². The number of rotatable bonds is 3. The Balaban J connectivity index is 1.92. The molecule has 0 radical (unpaired) electrons. The SMILES string of the molecule is CNC(C)c1csc(NC(=O)N2CCCCC2)n1. The zero-order valence-electron chi connectivity index (χ0n) is 10.9. The Kier molecular flexibility index (Phi) is 4.54. The van der Waals surface area contributed by atoms with Crippen LogP contribution in [0.4, 0.5) is 9.93 Å². The Morgan fingerprint density at radius 3 is 2.83 bits per heavy atom. The van der Waals surface area contributed by atoms with Crippen molar-refractivity contribution in [1.82, 2.24) is 15.2 Å². The number of nitrogens with one attached hydrogen (secondary N) is 2. The van der Waals surface area contributed by atoms with E-state index in [2.05, 4.69) is 15.6 Å². The molecule has 1 aliphatic rings. The maximum absolute atomic E-state index is 12.0. The predicted octanol–water partition coefficient (Wildman–Crippen LogP) is 2.44. The number of anilines is 1. The number of hydrogen-bond donors (Lipinski definition) is 2. The monoisotopic (exact) mass is 268 g/mol. The van der Waals surface area contributed by atoms with E-state index in [0.717, 1.165) is 31.6 Å². The lowest BCUT2D eigenvalue weighted by Gasteiger charge is -2.26. The van der Waals surface area contributed by atoms with E-state index in [1.807, 2.05) is 24.3 Å². The van der Waals surface area contributed by atoms with Crippen LogP contribution in [0, 0.1) is 0 Å². The number of piperidine rings is 1. The lowest BCUT2D eigenvalue weighted by atomic mass is 10.1.